The van der Waals surface area contributed by atoms with Gasteiger partial charge in [0.15, 0.2) is 5.41 Å². The molecule has 1 aliphatic rings. The number of carbonyl (C=O) groups excluding carboxylic acids is 3. The lowest BCUT2D eigenvalue weighted by Crippen LogP contribution is -2.40. The molecule has 1 heterocycles. The molecule has 5 heteroatoms. The normalized spacial score (nSPS) is 22.6. The zero-order valence-electron chi connectivity index (χ0n) is 15.1. The number of hydrogen-bond acceptors (Lipinski definition) is 4. The summed E-state index contributed by atoms with van der Waals surface area (Å²) in [5, 5.41) is 0. The van der Waals surface area contributed by atoms with Crippen molar-refractivity contribution in [3.63, 3.8) is 0 Å². The van der Waals surface area contributed by atoms with Crippen LogP contribution in [0.15, 0.2) is 54.6 Å². The highest BCUT2D eigenvalue weighted by Crippen LogP contribution is 2.48. The minimum absolute atomic E-state index is 0.141. The van der Waals surface area contributed by atoms with Gasteiger partial charge >= 0.3 is 5.97 Å². The van der Waals surface area contributed by atoms with Crippen LogP contribution in [0.5, 0.6) is 0 Å². The maximum absolute atomic E-state index is 12.9. The first kappa shape index (κ1) is 17.9. The summed E-state index contributed by atoms with van der Waals surface area (Å²) in [5.74, 6) is -2.12. The zero-order chi connectivity index (χ0) is 18.9. The van der Waals surface area contributed by atoms with E-state index >= 15 is 0 Å². The van der Waals surface area contributed by atoms with E-state index in [9.17, 15) is 14.4 Å². The lowest BCUT2D eigenvalue weighted by molar-refractivity contribution is -0.159. The Morgan fingerprint density at radius 3 is 2.27 bits per heavy atom. The van der Waals surface area contributed by atoms with E-state index in [-0.39, 0.29) is 6.61 Å². The molecule has 134 valence electrons. The Morgan fingerprint density at radius 1 is 1.08 bits per heavy atom. The smallest absolute Gasteiger partial charge is 0.322 e. The average Bonchev–Trinajstić information content (AvgIpc) is 2.85. The van der Waals surface area contributed by atoms with E-state index in [4.69, 9.17) is 4.74 Å². The van der Waals surface area contributed by atoms with Crippen molar-refractivity contribution in [1.29, 1.82) is 0 Å². The van der Waals surface area contributed by atoms with E-state index in [1.807, 2.05) is 49.4 Å². The zero-order valence-corrected chi connectivity index (χ0v) is 15.1. The van der Waals surface area contributed by atoms with Crippen LogP contribution >= 0.6 is 0 Å². The van der Waals surface area contributed by atoms with Crippen LogP contribution in [-0.2, 0) is 19.1 Å². The van der Waals surface area contributed by atoms with Gasteiger partial charge in [0.2, 0.25) is 5.78 Å². The van der Waals surface area contributed by atoms with Crippen LogP contribution in [0.25, 0.3) is 0 Å². The SMILES string of the molecule is CCOC(=O)[C@@]1(C)C(=O)C(=O)N(c2ccc(C)cc2)[C@H]1c1ccccc1. The van der Waals surface area contributed by atoms with E-state index in [0.717, 1.165) is 5.56 Å². The number of ketones is 1. The number of carbonyl (C=O) groups is 3. The number of benzene rings is 2. The molecule has 2 atom stereocenters. The molecule has 0 N–H and O–H groups in total. The number of ether oxygens (including phenoxy) is 1. The first-order valence-corrected chi connectivity index (χ1v) is 8.58. The number of rotatable bonds is 4. The van der Waals surface area contributed by atoms with E-state index in [1.54, 1.807) is 19.1 Å². The highest BCUT2D eigenvalue weighted by atomic mass is 16.5. The molecular weight excluding hydrogens is 330 g/mol. The van der Waals surface area contributed by atoms with E-state index in [1.165, 1.54) is 11.8 Å². The quantitative estimate of drug-likeness (QED) is 0.482. The molecule has 3 rings (SSSR count). The van der Waals surface area contributed by atoms with Crippen molar-refractivity contribution < 1.29 is 19.1 Å². The summed E-state index contributed by atoms with van der Waals surface area (Å²) in [5.41, 5.74) is 0.731. The van der Waals surface area contributed by atoms with Crippen LogP contribution in [0.1, 0.15) is 31.0 Å². The minimum Gasteiger partial charge on any atom is -0.465 e. The topological polar surface area (TPSA) is 63.7 Å². The van der Waals surface area contributed by atoms with E-state index in [2.05, 4.69) is 0 Å². The molecule has 1 saturated heterocycles. The summed E-state index contributed by atoms with van der Waals surface area (Å²) in [6.45, 7) is 5.26. The Morgan fingerprint density at radius 2 is 1.69 bits per heavy atom. The Kier molecular flexibility index (Phi) is 4.64. The van der Waals surface area contributed by atoms with E-state index in [0.29, 0.717) is 11.3 Å². The van der Waals surface area contributed by atoms with Crippen LogP contribution < -0.4 is 4.90 Å². The molecule has 0 bridgehead atoms. The van der Waals surface area contributed by atoms with Gasteiger partial charge in [-0.3, -0.25) is 19.3 Å². The fraction of sp³-hybridized carbons (Fsp3) is 0.286. The fourth-order valence-electron chi connectivity index (χ4n) is 3.41. The Bertz CT molecular complexity index is 844. The van der Waals surface area contributed by atoms with Crippen molar-refractivity contribution >= 4 is 23.3 Å². The molecule has 1 aliphatic heterocycles. The molecule has 2 aromatic rings. The van der Waals surface area contributed by atoms with Gasteiger partial charge in [-0.15, -0.1) is 0 Å². The third-order valence-electron chi connectivity index (χ3n) is 4.82. The van der Waals surface area contributed by atoms with Crippen molar-refractivity contribution in [1.82, 2.24) is 0 Å². The number of aryl methyl sites for hydroxylation is 1. The number of hydrogen-bond donors (Lipinski definition) is 0. The molecule has 0 aromatic heterocycles. The van der Waals surface area contributed by atoms with E-state index < -0.39 is 29.1 Å². The monoisotopic (exact) mass is 351 g/mol. The number of esters is 1. The number of anilines is 1. The van der Waals surface area contributed by atoms with Crippen molar-refractivity contribution in [2.24, 2.45) is 5.41 Å². The minimum atomic E-state index is -1.60. The lowest BCUT2D eigenvalue weighted by atomic mass is 9.78. The Labute approximate surface area is 152 Å². The molecular formula is C21H21NO4. The van der Waals surface area contributed by atoms with Crippen LogP contribution in [0.2, 0.25) is 0 Å². The van der Waals surface area contributed by atoms with Crippen LogP contribution in [0.3, 0.4) is 0 Å². The molecule has 0 saturated carbocycles. The fourth-order valence-corrected chi connectivity index (χ4v) is 3.41. The van der Waals surface area contributed by atoms with Gasteiger partial charge in [-0.25, -0.2) is 0 Å². The first-order chi connectivity index (χ1) is 12.4. The van der Waals surface area contributed by atoms with Gasteiger partial charge < -0.3 is 4.74 Å². The summed E-state index contributed by atoms with van der Waals surface area (Å²) < 4.78 is 5.16. The van der Waals surface area contributed by atoms with Gasteiger partial charge in [0.25, 0.3) is 5.91 Å². The third kappa shape index (κ3) is 2.69. The van der Waals surface area contributed by atoms with Gasteiger partial charge in [-0.2, -0.15) is 0 Å². The summed E-state index contributed by atoms with van der Waals surface area (Å²) in [4.78, 5) is 39.9. The maximum atomic E-state index is 12.9. The molecule has 2 aromatic carbocycles. The molecule has 26 heavy (non-hydrogen) atoms. The average molecular weight is 351 g/mol. The molecule has 0 spiro atoms. The summed E-state index contributed by atoms with van der Waals surface area (Å²) >= 11 is 0. The molecule has 0 unspecified atom stereocenters. The number of nitrogens with zero attached hydrogens (tertiary/aromatic N) is 1. The molecule has 1 fully saturated rings. The number of Topliss-reactive ketones (excluding diaryl/α,β-unsaturated/α-hetero) is 1. The van der Waals surface area contributed by atoms with Gasteiger partial charge in [0.1, 0.15) is 0 Å². The van der Waals surface area contributed by atoms with Gasteiger partial charge in [-0.1, -0.05) is 48.0 Å². The second-order valence-electron chi connectivity index (χ2n) is 6.58. The predicted molar refractivity (Wildman–Crippen MR) is 97.6 cm³/mol. The van der Waals surface area contributed by atoms with Crippen molar-refractivity contribution in [2.75, 3.05) is 11.5 Å². The molecule has 5 nitrogen and oxygen atoms in total. The van der Waals surface area contributed by atoms with Gasteiger partial charge in [0.05, 0.1) is 12.6 Å². The molecule has 0 radical (unpaired) electrons. The van der Waals surface area contributed by atoms with Crippen LogP contribution in [0, 0.1) is 12.3 Å². The summed E-state index contributed by atoms with van der Waals surface area (Å²) in [6.07, 6.45) is 0. The second kappa shape index (κ2) is 6.75. The maximum Gasteiger partial charge on any atom is 0.322 e. The van der Waals surface area contributed by atoms with Crippen molar-refractivity contribution in [3.8, 4) is 0 Å². The first-order valence-electron chi connectivity index (χ1n) is 8.58. The van der Waals surface area contributed by atoms with Gasteiger partial charge in [0, 0.05) is 5.69 Å². The highest BCUT2D eigenvalue weighted by Gasteiger charge is 2.62. The Hall–Kier alpha value is -2.95. The van der Waals surface area contributed by atoms with Crippen molar-refractivity contribution in [2.45, 2.75) is 26.8 Å². The summed E-state index contributed by atoms with van der Waals surface area (Å²) in [6, 6.07) is 15.7. The molecule has 1 amide bonds. The van der Waals surface area contributed by atoms with Crippen LogP contribution in [0.4, 0.5) is 5.69 Å². The largest absolute Gasteiger partial charge is 0.465 e. The highest BCUT2D eigenvalue weighted by molar-refractivity contribution is 6.49. The van der Waals surface area contributed by atoms with Crippen LogP contribution in [-0.4, -0.2) is 24.3 Å². The molecule has 0 aliphatic carbocycles. The van der Waals surface area contributed by atoms with Crippen molar-refractivity contribution in [3.05, 3.63) is 65.7 Å². The Balaban J connectivity index is 2.19. The standard InChI is InChI=1S/C21H21NO4/c1-4-26-20(25)21(3)17(15-8-6-5-7-9-15)22(19(24)18(21)23)16-12-10-14(2)11-13-16/h5-13,17H,4H2,1-3H3/t17-,21+/m0/s1. The summed E-state index contributed by atoms with van der Waals surface area (Å²) in [7, 11) is 0. The second-order valence-corrected chi connectivity index (χ2v) is 6.58. The lowest BCUT2D eigenvalue weighted by Gasteiger charge is -2.32. The predicted octanol–water partition coefficient (Wildman–Crippen LogP) is 3.22. The van der Waals surface area contributed by atoms with Gasteiger partial charge in [-0.05, 0) is 38.5 Å². The number of amides is 1. The third-order valence-corrected chi connectivity index (χ3v) is 4.82.